The Labute approximate surface area is 211 Å². The highest BCUT2D eigenvalue weighted by Crippen LogP contribution is 2.59. The SMILES string of the molecule is CCOC(=O)N1c2ccccc2C(C(C#N)c2cc(C(F)(F)F)cc(C(F)(F)F)c2)(C(F)(F)F)CC1CC. The van der Waals surface area contributed by atoms with Crippen molar-refractivity contribution in [3.63, 3.8) is 0 Å². The molecule has 0 saturated heterocycles. The zero-order valence-electron chi connectivity index (χ0n) is 19.9. The van der Waals surface area contributed by atoms with Gasteiger partial charge in [-0.3, -0.25) is 4.90 Å². The average molecular weight is 552 g/mol. The van der Waals surface area contributed by atoms with Crippen LogP contribution in [0.25, 0.3) is 0 Å². The van der Waals surface area contributed by atoms with Crippen LogP contribution >= 0.6 is 0 Å². The summed E-state index contributed by atoms with van der Waals surface area (Å²) in [6.07, 6.45) is -18.1. The van der Waals surface area contributed by atoms with Crippen molar-refractivity contribution in [2.45, 2.75) is 62.6 Å². The molecule has 2 aromatic rings. The number of para-hydroxylation sites is 1. The van der Waals surface area contributed by atoms with Gasteiger partial charge in [0.2, 0.25) is 0 Å². The summed E-state index contributed by atoms with van der Waals surface area (Å²) >= 11 is 0. The number of carbonyl (C=O) groups is 1. The molecule has 1 aliphatic rings. The third-order valence-electron chi connectivity index (χ3n) is 6.57. The standard InChI is InChI=1S/C25H21F9N2O2/c1-3-17-12-22(25(32,33)34,18-7-5-6-8-20(18)36(17)21(37)38-4-2)19(13-35)14-9-15(23(26,27)28)11-16(10-14)24(29,30)31/h5-11,17,19H,3-4,12H2,1-2H3. The first-order valence-electron chi connectivity index (χ1n) is 11.3. The lowest BCUT2D eigenvalue weighted by atomic mass is 9.61. The number of rotatable bonds is 4. The first-order valence-corrected chi connectivity index (χ1v) is 11.3. The van der Waals surface area contributed by atoms with Gasteiger partial charge < -0.3 is 4.74 Å². The van der Waals surface area contributed by atoms with Crippen molar-refractivity contribution in [2.24, 2.45) is 0 Å². The van der Waals surface area contributed by atoms with Crippen molar-refractivity contribution in [1.29, 1.82) is 5.26 Å². The fraction of sp³-hybridized carbons (Fsp3) is 0.440. The third kappa shape index (κ3) is 5.00. The second kappa shape index (κ2) is 10.0. The number of anilines is 1. The van der Waals surface area contributed by atoms with Gasteiger partial charge in [0.1, 0.15) is 5.41 Å². The van der Waals surface area contributed by atoms with E-state index in [4.69, 9.17) is 4.74 Å². The van der Waals surface area contributed by atoms with E-state index < -0.39 is 70.7 Å². The molecule has 0 spiro atoms. The van der Waals surface area contributed by atoms with Crippen molar-refractivity contribution in [3.8, 4) is 6.07 Å². The summed E-state index contributed by atoms with van der Waals surface area (Å²) in [5, 5.41) is 9.97. The van der Waals surface area contributed by atoms with Crippen LogP contribution in [-0.4, -0.2) is 24.9 Å². The van der Waals surface area contributed by atoms with Crippen LogP contribution in [0.1, 0.15) is 54.9 Å². The summed E-state index contributed by atoms with van der Waals surface area (Å²) in [5.74, 6) is -2.52. The highest BCUT2D eigenvalue weighted by molar-refractivity contribution is 5.91. The number of alkyl halides is 9. The predicted molar refractivity (Wildman–Crippen MR) is 117 cm³/mol. The van der Waals surface area contributed by atoms with Gasteiger partial charge in [0.05, 0.1) is 35.4 Å². The molecule has 0 bridgehead atoms. The topological polar surface area (TPSA) is 53.3 Å². The second-order valence-electron chi connectivity index (χ2n) is 8.72. The van der Waals surface area contributed by atoms with E-state index in [1.54, 1.807) is 0 Å². The van der Waals surface area contributed by atoms with Crippen molar-refractivity contribution in [2.75, 3.05) is 11.5 Å². The predicted octanol–water partition coefficient (Wildman–Crippen LogP) is 7.98. The highest BCUT2D eigenvalue weighted by atomic mass is 19.4. The van der Waals surface area contributed by atoms with Crippen LogP contribution in [-0.2, 0) is 22.5 Å². The van der Waals surface area contributed by atoms with E-state index in [0.717, 1.165) is 17.0 Å². The number of hydrogen-bond acceptors (Lipinski definition) is 3. The molecule has 3 rings (SSSR count). The Balaban J connectivity index is 2.41. The monoisotopic (exact) mass is 552 g/mol. The summed E-state index contributed by atoms with van der Waals surface area (Å²) in [7, 11) is 0. The van der Waals surface area contributed by atoms with Gasteiger partial charge in [0.15, 0.2) is 0 Å². The summed E-state index contributed by atoms with van der Waals surface area (Å²) < 4.78 is 131. The minimum absolute atomic E-state index is 0.0838. The van der Waals surface area contributed by atoms with Gasteiger partial charge in [-0.2, -0.15) is 44.8 Å². The summed E-state index contributed by atoms with van der Waals surface area (Å²) in [5.41, 5.74) is -8.98. The minimum Gasteiger partial charge on any atom is -0.449 e. The molecule has 3 atom stereocenters. The fourth-order valence-corrected chi connectivity index (χ4v) is 4.92. The molecule has 0 aliphatic carbocycles. The van der Waals surface area contributed by atoms with Crippen molar-refractivity contribution in [3.05, 3.63) is 64.7 Å². The van der Waals surface area contributed by atoms with Crippen molar-refractivity contribution >= 4 is 11.8 Å². The molecule has 4 nitrogen and oxygen atoms in total. The maximum absolute atomic E-state index is 15.1. The molecule has 3 unspecified atom stereocenters. The number of hydrogen-bond donors (Lipinski definition) is 0. The first-order chi connectivity index (χ1) is 17.5. The Hall–Kier alpha value is -3.43. The molecule has 0 aromatic heterocycles. The van der Waals surface area contributed by atoms with E-state index in [0.29, 0.717) is 0 Å². The van der Waals surface area contributed by atoms with E-state index in [1.165, 1.54) is 32.0 Å². The summed E-state index contributed by atoms with van der Waals surface area (Å²) in [4.78, 5) is 13.7. The Morgan fingerprint density at radius 1 is 1.03 bits per heavy atom. The van der Waals surface area contributed by atoms with E-state index in [2.05, 4.69) is 0 Å². The molecule has 38 heavy (non-hydrogen) atoms. The van der Waals surface area contributed by atoms with Crippen molar-refractivity contribution in [1.82, 2.24) is 0 Å². The smallest absolute Gasteiger partial charge is 0.416 e. The number of ether oxygens (including phenoxy) is 1. The second-order valence-corrected chi connectivity index (χ2v) is 8.72. The van der Waals surface area contributed by atoms with Crippen LogP contribution in [0.15, 0.2) is 42.5 Å². The Morgan fingerprint density at radius 3 is 2.03 bits per heavy atom. The quantitative estimate of drug-likeness (QED) is 0.362. The molecular weight excluding hydrogens is 531 g/mol. The first kappa shape index (κ1) is 29.1. The number of nitrogens with zero attached hydrogens (tertiary/aromatic N) is 2. The zero-order chi connectivity index (χ0) is 28.7. The van der Waals surface area contributed by atoms with Gasteiger partial charge in [0.25, 0.3) is 0 Å². The van der Waals surface area contributed by atoms with Gasteiger partial charge in [-0.15, -0.1) is 0 Å². The van der Waals surface area contributed by atoms with Gasteiger partial charge in [-0.25, -0.2) is 4.79 Å². The summed E-state index contributed by atoms with van der Waals surface area (Å²) in [6, 6.07) is 4.79. The largest absolute Gasteiger partial charge is 0.449 e. The van der Waals surface area contributed by atoms with Crippen LogP contribution in [0.3, 0.4) is 0 Å². The van der Waals surface area contributed by atoms with Crippen LogP contribution in [0, 0.1) is 11.3 Å². The maximum Gasteiger partial charge on any atom is 0.416 e. The normalized spacial score (nSPS) is 20.9. The molecule has 1 amide bonds. The van der Waals surface area contributed by atoms with Crippen LogP contribution in [0.5, 0.6) is 0 Å². The third-order valence-corrected chi connectivity index (χ3v) is 6.57. The molecule has 1 aliphatic heterocycles. The Kier molecular flexibility index (Phi) is 7.69. The fourth-order valence-electron chi connectivity index (χ4n) is 4.92. The lowest BCUT2D eigenvalue weighted by Gasteiger charge is -2.49. The van der Waals surface area contributed by atoms with Crippen LogP contribution < -0.4 is 4.90 Å². The molecule has 0 N–H and O–H groups in total. The highest BCUT2D eigenvalue weighted by Gasteiger charge is 2.65. The van der Waals surface area contributed by atoms with Crippen LogP contribution in [0.4, 0.5) is 50.0 Å². The molecule has 13 heteroatoms. The van der Waals surface area contributed by atoms with Gasteiger partial charge in [-0.05, 0) is 55.2 Å². The van der Waals surface area contributed by atoms with Gasteiger partial charge in [-0.1, -0.05) is 25.1 Å². The van der Waals surface area contributed by atoms with E-state index in [9.17, 15) is 36.4 Å². The zero-order valence-corrected chi connectivity index (χ0v) is 19.9. The molecule has 0 fully saturated rings. The molecule has 1 heterocycles. The molecule has 2 aromatic carbocycles. The Morgan fingerprint density at radius 2 is 1.58 bits per heavy atom. The van der Waals surface area contributed by atoms with Crippen LogP contribution in [0.2, 0.25) is 0 Å². The molecule has 206 valence electrons. The minimum atomic E-state index is -5.33. The maximum atomic E-state index is 15.1. The van der Waals surface area contributed by atoms with Gasteiger partial charge >= 0.3 is 24.6 Å². The number of fused-ring (bicyclic) bond motifs is 1. The lowest BCUT2D eigenvalue weighted by Crippen LogP contribution is -2.57. The number of amides is 1. The molecule has 0 saturated carbocycles. The average Bonchev–Trinajstić information content (AvgIpc) is 2.82. The lowest BCUT2D eigenvalue weighted by molar-refractivity contribution is -0.199. The number of nitriles is 1. The number of halogens is 9. The number of carbonyl (C=O) groups excluding carboxylic acids is 1. The van der Waals surface area contributed by atoms with Gasteiger partial charge in [0, 0.05) is 6.04 Å². The van der Waals surface area contributed by atoms with E-state index in [1.807, 2.05) is 0 Å². The molecule has 0 radical (unpaired) electrons. The molecular formula is C25H21F9N2O2. The summed E-state index contributed by atoms with van der Waals surface area (Å²) in [6.45, 7) is 2.83. The van der Waals surface area contributed by atoms with Crippen molar-refractivity contribution < 1.29 is 49.0 Å². The van der Waals surface area contributed by atoms with E-state index in [-0.39, 0.29) is 36.9 Å². The van der Waals surface area contributed by atoms with E-state index >= 15 is 13.2 Å². The number of benzene rings is 2. The Bertz CT molecular complexity index is 1200.